The number of hydrogen-bond donors (Lipinski definition) is 0. The van der Waals surface area contributed by atoms with Gasteiger partial charge in [-0.05, 0) is 0 Å². The summed E-state index contributed by atoms with van der Waals surface area (Å²) in [6.07, 6.45) is 0. The first-order chi connectivity index (χ1) is 3.50. The Bertz CT molecular complexity index is 114. The fraction of sp³-hybridized carbons (Fsp3) is 0.800. The Balaban J connectivity index is 0. The van der Waals surface area contributed by atoms with Crippen molar-refractivity contribution in [1.29, 1.82) is 0 Å². The maximum Gasteiger partial charge on any atom is 0.172 e. The van der Waals surface area contributed by atoms with E-state index < -0.39 is 7.37 Å². The van der Waals surface area contributed by atoms with E-state index in [1.165, 1.54) is 0 Å². The van der Waals surface area contributed by atoms with E-state index in [-0.39, 0.29) is 38.0 Å². The largest absolute Gasteiger partial charge is 0.509 e. The molecule has 9 heavy (non-hydrogen) atoms. The molecule has 0 aliphatic rings. The Morgan fingerprint density at radius 1 is 1.56 bits per heavy atom. The van der Waals surface area contributed by atoms with Crippen LogP contribution in [0.1, 0.15) is 13.8 Å². The SMILES string of the molecule is [CH2-]OP(C)(=O)C(C)C.[Pa]. The summed E-state index contributed by atoms with van der Waals surface area (Å²) >= 11 is 0. The van der Waals surface area contributed by atoms with Crippen LogP contribution in [0.15, 0.2) is 0 Å². The van der Waals surface area contributed by atoms with Crippen molar-refractivity contribution in [3.8, 4) is 0 Å². The van der Waals surface area contributed by atoms with Crippen LogP contribution in [0, 0.1) is 39.4 Å². The quantitative estimate of drug-likeness (QED) is 0.553. The molecule has 0 aliphatic heterocycles. The molecule has 0 rings (SSSR count). The minimum Gasteiger partial charge on any atom is -0.509 e. The van der Waals surface area contributed by atoms with E-state index >= 15 is 0 Å². The second kappa shape index (κ2) is 5.00. The molecule has 0 aromatic rings. The van der Waals surface area contributed by atoms with Crippen LogP contribution in [0.25, 0.3) is 0 Å². The molecular formula is C5H12O2PPa-. The number of hydrogen-bond acceptors (Lipinski definition) is 2. The van der Waals surface area contributed by atoms with Gasteiger partial charge in [0.05, 0.1) is 0 Å². The van der Waals surface area contributed by atoms with Gasteiger partial charge in [0.2, 0.25) is 0 Å². The molecule has 0 heterocycles. The van der Waals surface area contributed by atoms with Crippen molar-refractivity contribution in [2.45, 2.75) is 19.5 Å². The van der Waals surface area contributed by atoms with Crippen LogP contribution >= 0.6 is 7.37 Å². The minimum atomic E-state index is -2.36. The van der Waals surface area contributed by atoms with E-state index in [0.29, 0.717) is 0 Å². The molecule has 0 amide bonds. The van der Waals surface area contributed by atoms with Gasteiger partial charge in [-0.25, -0.2) is 7.11 Å². The smallest absolute Gasteiger partial charge is 0.172 e. The average Bonchev–Trinajstić information content (AvgIpc) is 1.67. The molecule has 0 aliphatic carbocycles. The Kier molecular flexibility index (Phi) is 7.18. The third kappa shape index (κ3) is 4.65. The predicted octanol–water partition coefficient (Wildman–Crippen LogP) is 2.11. The molecule has 0 fully saturated rings. The summed E-state index contributed by atoms with van der Waals surface area (Å²) in [6.45, 7) is 5.29. The normalized spacial score (nSPS) is 16.6. The number of rotatable bonds is 2. The molecule has 53 valence electrons. The summed E-state index contributed by atoms with van der Waals surface area (Å²) in [4.78, 5) is 0. The van der Waals surface area contributed by atoms with Gasteiger partial charge in [0.1, 0.15) is 0 Å². The standard InChI is InChI=1S/C5H12O2P.Pa/c1-5(2)8(4,6)7-3;/h5H,3H2,1-2,4H3;/q-1;. The van der Waals surface area contributed by atoms with E-state index in [4.69, 9.17) is 0 Å². The van der Waals surface area contributed by atoms with Gasteiger partial charge < -0.3 is 4.52 Å². The van der Waals surface area contributed by atoms with Crippen LogP contribution in [-0.4, -0.2) is 12.3 Å². The van der Waals surface area contributed by atoms with E-state index in [9.17, 15) is 4.57 Å². The van der Waals surface area contributed by atoms with Crippen LogP contribution in [0.4, 0.5) is 0 Å². The summed E-state index contributed by atoms with van der Waals surface area (Å²) in [5.41, 5.74) is 0.0833. The summed E-state index contributed by atoms with van der Waals surface area (Å²) < 4.78 is 15.5. The zero-order chi connectivity index (χ0) is 6.78. The van der Waals surface area contributed by atoms with E-state index in [1.807, 2.05) is 13.8 Å². The van der Waals surface area contributed by atoms with Crippen molar-refractivity contribution in [3.05, 3.63) is 7.11 Å². The van der Waals surface area contributed by atoms with Crippen molar-refractivity contribution in [1.82, 2.24) is 0 Å². The van der Waals surface area contributed by atoms with Gasteiger partial charge in [-0.1, -0.05) is 13.8 Å². The molecule has 1 unspecified atom stereocenters. The van der Waals surface area contributed by atoms with E-state index in [2.05, 4.69) is 11.6 Å². The second-order valence-electron chi connectivity index (χ2n) is 2.13. The van der Waals surface area contributed by atoms with Crippen molar-refractivity contribution < 1.29 is 41.4 Å². The fourth-order valence-corrected chi connectivity index (χ4v) is 0.447. The van der Waals surface area contributed by atoms with Crippen LogP contribution < -0.4 is 0 Å². The van der Waals surface area contributed by atoms with E-state index in [0.717, 1.165) is 0 Å². The van der Waals surface area contributed by atoms with Crippen molar-refractivity contribution in [2.24, 2.45) is 0 Å². The molecule has 0 saturated carbocycles. The third-order valence-electron chi connectivity index (χ3n) is 1.19. The van der Waals surface area contributed by atoms with Gasteiger partial charge in [0.15, 0.2) is 7.37 Å². The summed E-state index contributed by atoms with van der Waals surface area (Å²) in [5.74, 6) is 0. The molecule has 2 nitrogen and oxygen atoms in total. The first-order valence-corrected chi connectivity index (χ1v) is 4.66. The van der Waals surface area contributed by atoms with Gasteiger partial charge >= 0.3 is 0 Å². The van der Waals surface area contributed by atoms with Crippen molar-refractivity contribution in [2.75, 3.05) is 6.66 Å². The molecule has 1 radical (unpaired) electrons. The summed E-state index contributed by atoms with van der Waals surface area (Å²) in [5, 5.41) is 0. The van der Waals surface area contributed by atoms with Crippen LogP contribution in [0.5, 0.6) is 0 Å². The predicted molar refractivity (Wildman–Crippen MR) is 35.1 cm³/mol. The first-order valence-electron chi connectivity index (χ1n) is 2.51. The fourth-order valence-electron chi connectivity index (χ4n) is 0.149. The van der Waals surface area contributed by atoms with Crippen LogP contribution in [0.2, 0.25) is 0 Å². The second-order valence-corrected chi connectivity index (χ2v) is 5.24. The van der Waals surface area contributed by atoms with Crippen molar-refractivity contribution >= 4 is 7.37 Å². The third-order valence-corrected chi connectivity index (χ3v) is 3.58. The Morgan fingerprint density at radius 3 is 1.89 bits per heavy atom. The molecule has 0 aromatic heterocycles. The molecule has 4 heteroatoms. The van der Waals surface area contributed by atoms with Gasteiger partial charge in [0, 0.05) is 44.6 Å². The summed E-state index contributed by atoms with van der Waals surface area (Å²) in [7, 11) is 0.759. The monoisotopic (exact) mass is 366 g/mol. The topological polar surface area (TPSA) is 26.3 Å². The zero-order valence-electron chi connectivity index (χ0n) is 6.13. The van der Waals surface area contributed by atoms with Gasteiger partial charge in [-0.2, -0.15) is 0 Å². The van der Waals surface area contributed by atoms with Gasteiger partial charge in [-0.3, -0.25) is 4.57 Å². The molecule has 0 N–H and O–H groups in total. The maximum atomic E-state index is 11.0. The van der Waals surface area contributed by atoms with Crippen molar-refractivity contribution in [3.63, 3.8) is 0 Å². The molecule has 0 saturated heterocycles. The van der Waals surface area contributed by atoms with Crippen LogP contribution in [-0.2, 0) is 9.09 Å². The summed E-state index contributed by atoms with van der Waals surface area (Å²) in [6, 6.07) is 0. The first kappa shape index (κ1) is 12.9. The Hall–Kier alpha value is 1.28. The Morgan fingerprint density at radius 2 is 1.89 bits per heavy atom. The zero-order valence-corrected chi connectivity index (χ0v) is 11.8. The average molecular weight is 366 g/mol. The molecule has 0 spiro atoms. The van der Waals surface area contributed by atoms with Gasteiger partial charge in [-0.15, -0.1) is 0 Å². The van der Waals surface area contributed by atoms with E-state index in [1.54, 1.807) is 6.66 Å². The van der Waals surface area contributed by atoms with Gasteiger partial charge in [0.25, 0.3) is 0 Å². The molecule has 0 bridgehead atoms. The molecular weight excluding hydrogens is 354 g/mol. The minimum absolute atomic E-state index is 0. The van der Waals surface area contributed by atoms with Crippen LogP contribution in [0.3, 0.4) is 0 Å². The Labute approximate surface area is 81.7 Å². The maximum absolute atomic E-state index is 11.0. The molecule has 1 atom stereocenters. The molecule has 0 aromatic carbocycles.